The molecule has 0 aromatic carbocycles. The number of ketones is 1. The summed E-state index contributed by atoms with van der Waals surface area (Å²) in [7, 11) is 0. The molecule has 4 saturated carbocycles. The lowest BCUT2D eigenvalue weighted by molar-refractivity contribution is -0.356. The Labute approximate surface area is 322 Å². The highest BCUT2D eigenvalue weighted by atomic mass is 35.5. The molecule has 4 heterocycles. The number of carbonyl (C=O) groups excluding carboxylic acids is 1. The Hall–Kier alpha value is -0.190. The molecule has 4 aliphatic heterocycles. The van der Waals surface area contributed by atoms with Crippen LogP contribution >= 0.6 is 23.2 Å². The zero-order valence-corrected chi connectivity index (χ0v) is 32.8. The van der Waals surface area contributed by atoms with Crippen molar-refractivity contribution in [3.63, 3.8) is 0 Å². The van der Waals surface area contributed by atoms with Crippen molar-refractivity contribution in [3.8, 4) is 0 Å². The predicted octanol–water partition coefficient (Wildman–Crippen LogP) is 3.11. The fraction of sp³-hybridized carbons (Fsp3) is 0.974. The van der Waals surface area contributed by atoms with Crippen molar-refractivity contribution in [2.24, 2.45) is 52.3 Å². The van der Waals surface area contributed by atoms with Gasteiger partial charge in [0.2, 0.25) is 0 Å². The van der Waals surface area contributed by atoms with E-state index >= 15 is 0 Å². The van der Waals surface area contributed by atoms with Crippen LogP contribution in [0.5, 0.6) is 0 Å². The maximum atomic E-state index is 14.5. The molecule has 14 heteroatoms. The zero-order valence-electron chi connectivity index (χ0n) is 31.3. The quantitative estimate of drug-likeness (QED) is 0.197. The molecule has 0 aromatic rings. The van der Waals surface area contributed by atoms with E-state index in [2.05, 4.69) is 27.7 Å². The number of aliphatic hydroxyl groups is 5. The van der Waals surface area contributed by atoms with Crippen molar-refractivity contribution in [2.45, 2.75) is 165 Å². The van der Waals surface area contributed by atoms with Crippen molar-refractivity contribution in [1.29, 1.82) is 0 Å². The van der Waals surface area contributed by atoms with Gasteiger partial charge in [-0.2, -0.15) is 0 Å². The molecular formula is C39H60Cl2O12. The summed E-state index contributed by atoms with van der Waals surface area (Å²) in [6.45, 7) is 9.98. The van der Waals surface area contributed by atoms with Crippen molar-refractivity contribution in [2.75, 3.05) is 18.4 Å². The van der Waals surface area contributed by atoms with Gasteiger partial charge in [-0.3, -0.25) is 4.79 Å². The fourth-order valence-electron chi connectivity index (χ4n) is 13.0. The number of carbonyl (C=O) groups is 1. The summed E-state index contributed by atoms with van der Waals surface area (Å²) < 4.78 is 37.3. The largest absolute Gasteiger partial charge is 0.388 e. The first kappa shape index (κ1) is 39.6. The van der Waals surface area contributed by atoms with E-state index in [1.165, 1.54) is 0 Å². The van der Waals surface area contributed by atoms with Crippen LogP contribution in [0.15, 0.2) is 0 Å². The van der Waals surface area contributed by atoms with Gasteiger partial charge in [-0.05, 0) is 85.4 Å². The molecule has 12 nitrogen and oxygen atoms in total. The Bertz CT molecular complexity index is 1350. The molecule has 8 rings (SSSR count). The van der Waals surface area contributed by atoms with Crippen LogP contribution in [0.1, 0.15) is 85.5 Å². The standard InChI is InChI=1S/C39H60Cl2O12/c1-17-7-10-39(48-16-17)18(2)27-24(53-39)12-22-21-6-5-19-11-20(8-9-37(19,3)28(21)23(42)13-38(22,27)4)49-35-33(47)31(45)34(26(15-41)51-35)52-36-32(46)30(44)29(43)25(14-40)50-36/h17-22,24-36,43-47H,5-16H2,1-4H3/t17-,18+,19+,20+,21+,22+,24?,25-,26-,27?,28-,29-,30+,31-,32-,33-,34-,35-,36+,37+,38+,39-/m1/s1. The predicted molar refractivity (Wildman–Crippen MR) is 191 cm³/mol. The van der Waals surface area contributed by atoms with E-state index in [0.717, 1.165) is 51.6 Å². The van der Waals surface area contributed by atoms with Crippen LogP contribution in [0.3, 0.4) is 0 Å². The number of Topliss-reactive ketones (excluding diaryl/α,β-unsaturated/α-hetero) is 1. The molecule has 4 saturated heterocycles. The lowest BCUT2D eigenvalue weighted by Crippen LogP contribution is -2.64. The second kappa shape index (κ2) is 14.6. The highest BCUT2D eigenvalue weighted by molar-refractivity contribution is 6.18. The Morgan fingerprint density at radius 2 is 1.49 bits per heavy atom. The minimum Gasteiger partial charge on any atom is -0.388 e. The number of halogens is 2. The molecule has 0 amide bonds. The first-order chi connectivity index (χ1) is 25.2. The SMILES string of the molecule is C[C@@H]1CC[C@@]2(OC1)OC1C[C@H]3[C@@H]4CC[C@H]5C[C@@H](O[C@@H]6O[C@H](CCl)[C@@H](O[C@@H]7O[C@H](CCl)[C@@H](O)[C@H](O)[C@H]7O)[C@H](O)[C@H]6O)CC[C@]5(C)[C@H]4C(=O)C[C@]3(C)C1[C@@H]2C. The number of ether oxygens (including phenoxy) is 6. The third-order valence-corrected chi connectivity index (χ3v) is 16.4. The molecule has 0 radical (unpaired) electrons. The highest BCUT2D eigenvalue weighted by Crippen LogP contribution is 2.70. The molecule has 4 aliphatic carbocycles. The number of hydrogen-bond acceptors (Lipinski definition) is 12. The Morgan fingerprint density at radius 3 is 2.19 bits per heavy atom. The highest BCUT2D eigenvalue weighted by Gasteiger charge is 2.71. The summed E-state index contributed by atoms with van der Waals surface area (Å²) in [5.41, 5.74) is -0.246. The van der Waals surface area contributed by atoms with Crippen molar-refractivity contribution >= 4 is 29.0 Å². The van der Waals surface area contributed by atoms with Crippen LogP contribution in [0.2, 0.25) is 0 Å². The molecule has 302 valence electrons. The van der Waals surface area contributed by atoms with Gasteiger partial charge in [0.1, 0.15) is 54.6 Å². The average molecular weight is 792 g/mol. The second-order valence-electron chi connectivity index (χ2n) is 18.6. The van der Waals surface area contributed by atoms with Crippen LogP contribution in [-0.2, 0) is 33.2 Å². The monoisotopic (exact) mass is 790 g/mol. The molecule has 8 aliphatic rings. The van der Waals surface area contributed by atoms with Crippen LogP contribution < -0.4 is 0 Å². The molecular weight excluding hydrogens is 731 g/mol. The summed E-state index contributed by atoms with van der Waals surface area (Å²) in [5.74, 6) is 1.77. The molecule has 8 fully saturated rings. The number of fused-ring (bicyclic) bond motifs is 7. The van der Waals surface area contributed by atoms with Gasteiger partial charge in [0.05, 0.1) is 30.6 Å². The molecule has 53 heavy (non-hydrogen) atoms. The van der Waals surface area contributed by atoms with Gasteiger partial charge in [0.25, 0.3) is 0 Å². The van der Waals surface area contributed by atoms with Crippen molar-refractivity contribution in [1.82, 2.24) is 0 Å². The van der Waals surface area contributed by atoms with Crippen molar-refractivity contribution < 1.29 is 58.7 Å². The maximum Gasteiger partial charge on any atom is 0.187 e. The lowest BCUT2D eigenvalue weighted by Gasteiger charge is -2.60. The second-order valence-corrected chi connectivity index (χ2v) is 19.2. The van der Waals surface area contributed by atoms with Gasteiger partial charge in [-0.25, -0.2) is 0 Å². The van der Waals surface area contributed by atoms with E-state index in [4.69, 9.17) is 51.6 Å². The van der Waals surface area contributed by atoms with E-state index in [1.54, 1.807) is 0 Å². The van der Waals surface area contributed by atoms with Crippen molar-refractivity contribution in [3.05, 3.63) is 0 Å². The Kier molecular flexibility index (Phi) is 10.9. The smallest absolute Gasteiger partial charge is 0.187 e. The summed E-state index contributed by atoms with van der Waals surface area (Å²) >= 11 is 12.1. The lowest BCUT2D eigenvalue weighted by atomic mass is 9.44. The minimum absolute atomic E-state index is 0.00224. The first-order valence-electron chi connectivity index (χ1n) is 20.1. The van der Waals surface area contributed by atoms with Gasteiger partial charge in [-0.15, -0.1) is 23.2 Å². The molecule has 22 atom stereocenters. The topological polar surface area (TPSA) is 174 Å². The van der Waals surface area contributed by atoms with E-state index < -0.39 is 67.2 Å². The third kappa shape index (κ3) is 6.30. The Morgan fingerprint density at radius 1 is 0.792 bits per heavy atom. The van der Waals surface area contributed by atoms with E-state index in [-0.39, 0.29) is 52.6 Å². The van der Waals surface area contributed by atoms with Crippen LogP contribution in [-0.4, -0.2) is 129 Å². The first-order valence-corrected chi connectivity index (χ1v) is 21.2. The third-order valence-electron chi connectivity index (χ3n) is 15.8. The molecule has 5 N–H and O–H groups in total. The van der Waals surface area contributed by atoms with E-state index in [0.29, 0.717) is 42.3 Å². The average Bonchev–Trinajstić information content (AvgIpc) is 3.57. The van der Waals surface area contributed by atoms with Crippen LogP contribution in [0, 0.1) is 52.3 Å². The fourth-order valence-corrected chi connectivity index (χ4v) is 13.5. The van der Waals surface area contributed by atoms with Crippen LogP contribution in [0.25, 0.3) is 0 Å². The molecule has 2 unspecified atom stereocenters. The van der Waals surface area contributed by atoms with Gasteiger partial charge in [0, 0.05) is 24.7 Å². The minimum atomic E-state index is -1.65. The van der Waals surface area contributed by atoms with E-state index in [1.807, 2.05) is 0 Å². The molecule has 1 spiro atoms. The number of aliphatic hydroxyl groups excluding tert-OH is 5. The normalized spacial score (nSPS) is 58.2. The summed E-state index contributed by atoms with van der Waals surface area (Å²) in [6.07, 6.45) is -5.83. The summed E-state index contributed by atoms with van der Waals surface area (Å²) in [5, 5.41) is 53.4. The van der Waals surface area contributed by atoms with Gasteiger partial charge >= 0.3 is 0 Å². The number of hydrogen-bond donors (Lipinski definition) is 5. The van der Waals surface area contributed by atoms with Gasteiger partial charge in [0.15, 0.2) is 18.4 Å². The zero-order chi connectivity index (χ0) is 37.8. The maximum absolute atomic E-state index is 14.5. The molecule has 0 bridgehead atoms. The van der Waals surface area contributed by atoms with Crippen LogP contribution in [0.4, 0.5) is 0 Å². The van der Waals surface area contributed by atoms with Gasteiger partial charge < -0.3 is 54.0 Å². The number of rotatable bonds is 6. The Balaban J connectivity index is 0.911. The molecule has 0 aromatic heterocycles. The summed E-state index contributed by atoms with van der Waals surface area (Å²) in [6, 6.07) is 0. The number of alkyl halides is 2. The summed E-state index contributed by atoms with van der Waals surface area (Å²) in [4.78, 5) is 14.5. The van der Waals surface area contributed by atoms with Gasteiger partial charge in [-0.1, -0.05) is 27.7 Å². The van der Waals surface area contributed by atoms with E-state index in [9.17, 15) is 30.3 Å².